The van der Waals surface area contributed by atoms with Gasteiger partial charge in [-0.2, -0.15) is 0 Å². The van der Waals surface area contributed by atoms with Crippen LogP contribution in [0.3, 0.4) is 0 Å². The second-order valence-electron chi connectivity index (χ2n) is 6.08. The predicted octanol–water partition coefficient (Wildman–Crippen LogP) is 3.49. The molecule has 0 N–H and O–H groups in total. The maximum Gasteiger partial charge on any atom is 0.339 e. The number of hydrogen-bond donors (Lipinski definition) is 0. The average Bonchev–Trinajstić information content (AvgIpc) is 2.90. The number of nitrogens with zero attached hydrogens (tertiary/aromatic N) is 2. The van der Waals surface area contributed by atoms with E-state index in [0.29, 0.717) is 16.8 Å². The Morgan fingerprint density at radius 3 is 2.59 bits per heavy atom. The molecule has 0 unspecified atom stereocenters. The van der Waals surface area contributed by atoms with Crippen LogP contribution in [0.4, 0.5) is 5.69 Å². The standard InChI is InChI=1S/C19H22N2O6/c1-5-26-19(23)17-9-12(2)20(13(17)3)11-18(22)27-14(4)15-7-6-8-16(10-15)21(24)25/h6-10,14H,5,11H2,1-4H3/t14-/m1/s1. The maximum atomic E-state index is 12.3. The molecule has 1 aromatic heterocycles. The number of carbonyl (C=O) groups excluding carboxylic acids is 2. The van der Waals surface area contributed by atoms with E-state index in [2.05, 4.69) is 0 Å². The molecule has 27 heavy (non-hydrogen) atoms. The summed E-state index contributed by atoms with van der Waals surface area (Å²) in [4.78, 5) is 34.7. The third kappa shape index (κ3) is 4.72. The van der Waals surface area contributed by atoms with Crippen molar-refractivity contribution in [1.82, 2.24) is 4.57 Å². The van der Waals surface area contributed by atoms with Gasteiger partial charge in [0.05, 0.1) is 17.1 Å². The van der Waals surface area contributed by atoms with Crippen molar-refractivity contribution in [2.75, 3.05) is 6.61 Å². The Morgan fingerprint density at radius 1 is 1.26 bits per heavy atom. The number of carbonyl (C=O) groups is 2. The van der Waals surface area contributed by atoms with Crippen LogP contribution in [-0.2, 0) is 20.8 Å². The van der Waals surface area contributed by atoms with Crippen LogP contribution < -0.4 is 0 Å². The van der Waals surface area contributed by atoms with Gasteiger partial charge in [0.25, 0.3) is 5.69 Å². The number of hydrogen-bond acceptors (Lipinski definition) is 6. The summed E-state index contributed by atoms with van der Waals surface area (Å²) in [5.41, 5.74) is 2.23. The molecule has 8 heteroatoms. The van der Waals surface area contributed by atoms with Gasteiger partial charge in [-0.15, -0.1) is 0 Å². The van der Waals surface area contributed by atoms with Crippen molar-refractivity contribution in [3.8, 4) is 0 Å². The molecule has 2 rings (SSSR count). The van der Waals surface area contributed by atoms with Crippen LogP contribution >= 0.6 is 0 Å². The minimum absolute atomic E-state index is 0.0634. The molecule has 0 bridgehead atoms. The van der Waals surface area contributed by atoms with Gasteiger partial charge < -0.3 is 14.0 Å². The van der Waals surface area contributed by atoms with Gasteiger partial charge in [0, 0.05) is 23.5 Å². The molecule has 0 aliphatic heterocycles. The molecule has 1 aromatic carbocycles. The van der Waals surface area contributed by atoms with Gasteiger partial charge in [0.2, 0.25) is 0 Å². The first-order chi connectivity index (χ1) is 12.7. The van der Waals surface area contributed by atoms with Crippen LogP contribution in [0.5, 0.6) is 0 Å². The molecule has 1 atom stereocenters. The summed E-state index contributed by atoms with van der Waals surface area (Å²) in [6, 6.07) is 7.63. The summed E-state index contributed by atoms with van der Waals surface area (Å²) in [6.07, 6.45) is -0.641. The normalized spacial score (nSPS) is 11.7. The lowest BCUT2D eigenvalue weighted by Crippen LogP contribution is -2.18. The van der Waals surface area contributed by atoms with E-state index in [1.165, 1.54) is 12.1 Å². The van der Waals surface area contributed by atoms with Crippen LogP contribution in [0.15, 0.2) is 30.3 Å². The molecule has 0 saturated carbocycles. The second kappa shape index (κ2) is 8.48. The largest absolute Gasteiger partial charge is 0.462 e. The van der Waals surface area contributed by atoms with Crippen LogP contribution in [0.1, 0.15) is 47.3 Å². The minimum Gasteiger partial charge on any atom is -0.462 e. The Bertz CT molecular complexity index is 871. The SMILES string of the molecule is CCOC(=O)c1cc(C)n(CC(=O)O[C@H](C)c2cccc([N+](=O)[O-])c2)c1C. The van der Waals surface area contributed by atoms with E-state index in [9.17, 15) is 19.7 Å². The number of nitro groups is 1. The van der Waals surface area contributed by atoms with E-state index in [0.717, 1.165) is 5.69 Å². The first kappa shape index (κ1) is 20.2. The number of non-ortho nitro benzene ring substituents is 1. The number of aryl methyl sites for hydroxylation is 1. The van der Waals surface area contributed by atoms with E-state index in [-0.39, 0.29) is 18.8 Å². The Labute approximate surface area is 156 Å². The lowest BCUT2D eigenvalue weighted by atomic mass is 10.1. The number of nitro benzene ring substituents is 1. The Kier molecular flexibility index (Phi) is 6.33. The van der Waals surface area contributed by atoms with Crippen molar-refractivity contribution >= 4 is 17.6 Å². The van der Waals surface area contributed by atoms with Crippen molar-refractivity contribution in [3.05, 3.63) is 63.0 Å². The highest BCUT2D eigenvalue weighted by molar-refractivity contribution is 5.91. The van der Waals surface area contributed by atoms with E-state index in [4.69, 9.17) is 9.47 Å². The first-order valence-electron chi connectivity index (χ1n) is 8.52. The van der Waals surface area contributed by atoms with Crippen LogP contribution in [0, 0.1) is 24.0 Å². The third-order valence-electron chi connectivity index (χ3n) is 4.21. The lowest BCUT2D eigenvalue weighted by Gasteiger charge is -2.15. The molecule has 0 amide bonds. The van der Waals surface area contributed by atoms with Crippen LogP contribution in [0.2, 0.25) is 0 Å². The van der Waals surface area contributed by atoms with Crippen molar-refractivity contribution in [2.45, 2.75) is 40.3 Å². The molecule has 0 radical (unpaired) electrons. The zero-order valence-corrected chi connectivity index (χ0v) is 15.7. The molecule has 2 aromatic rings. The zero-order valence-electron chi connectivity index (χ0n) is 15.7. The highest BCUT2D eigenvalue weighted by atomic mass is 16.6. The maximum absolute atomic E-state index is 12.3. The van der Waals surface area contributed by atoms with E-state index < -0.39 is 23.0 Å². The van der Waals surface area contributed by atoms with Crippen molar-refractivity contribution in [2.24, 2.45) is 0 Å². The van der Waals surface area contributed by atoms with Crippen LogP contribution in [0.25, 0.3) is 0 Å². The highest BCUT2D eigenvalue weighted by Gasteiger charge is 2.20. The summed E-state index contributed by atoms with van der Waals surface area (Å²) < 4.78 is 12.1. The first-order valence-corrected chi connectivity index (χ1v) is 8.52. The van der Waals surface area contributed by atoms with Crippen molar-refractivity contribution in [1.29, 1.82) is 0 Å². The molecule has 8 nitrogen and oxygen atoms in total. The molecule has 0 aliphatic rings. The minimum atomic E-state index is -0.641. The topological polar surface area (TPSA) is 101 Å². The molecular formula is C19H22N2O6. The fourth-order valence-corrected chi connectivity index (χ4v) is 2.78. The van der Waals surface area contributed by atoms with Gasteiger partial charge in [0.1, 0.15) is 12.6 Å². The molecular weight excluding hydrogens is 352 g/mol. The van der Waals surface area contributed by atoms with E-state index in [1.807, 2.05) is 0 Å². The molecule has 0 fully saturated rings. The Morgan fingerprint density at radius 2 is 1.96 bits per heavy atom. The molecule has 144 valence electrons. The number of aromatic nitrogens is 1. The smallest absolute Gasteiger partial charge is 0.339 e. The number of benzene rings is 1. The van der Waals surface area contributed by atoms with Gasteiger partial charge in [-0.05, 0) is 39.3 Å². The Balaban J connectivity index is 2.11. The zero-order chi connectivity index (χ0) is 20.1. The predicted molar refractivity (Wildman–Crippen MR) is 97.5 cm³/mol. The number of ether oxygens (including phenoxy) is 2. The van der Waals surface area contributed by atoms with E-state index >= 15 is 0 Å². The van der Waals surface area contributed by atoms with Gasteiger partial charge in [0.15, 0.2) is 0 Å². The molecule has 0 saturated heterocycles. The Hall–Kier alpha value is -3.16. The summed E-state index contributed by atoms with van der Waals surface area (Å²) in [5, 5.41) is 10.9. The van der Waals surface area contributed by atoms with Gasteiger partial charge in [-0.25, -0.2) is 4.79 Å². The summed E-state index contributed by atoms with van der Waals surface area (Å²) in [5.74, 6) is -0.943. The number of esters is 2. The summed E-state index contributed by atoms with van der Waals surface area (Å²) >= 11 is 0. The average molecular weight is 374 g/mol. The van der Waals surface area contributed by atoms with Crippen molar-refractivity contribution in [3.63, 3.8) is 0 Å². The van der Waals surface area contributed by atoms with Gasteiger partial charge >= 0.3 is 11.9 Å². The summed E-state index contributed by atoms with van der Waals surface area (Å²) in [7, 11) is 0. The summed E-state index contributed by atoms with van der Waals surface area (Å²) in [6.45, 7) is 7.09. The van der Waals surface area contributed by atoms with Crippen molar-refractivity contribution < 1.29 is 24.0 Å². The second-order valence-corrected chi connectivity index (χ2v) is 6.08. The third-order valence-corrected chi connectivity index (χ3v) is 4.21. The fourth-order valence-electron chi connectivity index (χ4n) is 2.78. The van der Waals surface area contributed by atoms with Gasteiger partial charge in [-0.1, -0.05) is 12.1 Å². The molecule has 0 aliphatic carbocycles. The highest BCUT2D eigenvalue weighted by Crippen LogP contribution is 2.22. The lowest BCUT2D eigenvalue weighted by molar-refractivity contribution is -0.385. The quantitative estimate of drug-likeness (QED) is 0.418. The van der Waals surface area contributed by atoms with Crippen LogP contribution in [-0.4, -0.2) is 28.0 Å². The van der Waals surface area contributed by atoms with Gasteiger partial charge in [-0.3, -0.25) is 14.9 Å². The molecule has 1 heterocycles. The monoisotopic (exact) mass is 374 g/mol. The number of rotatable bonds is 7. The molecule has 0 spiro atoms. The van der Waals surface area contributed by atoms with E-state index in [1.54, 1.807) is 50.5 Å². The fraction of sp³-hybridized carbons (Fsp3) is 0.368.